The van der Waals surface area contributed by atoms with Crippen molar-refractivity contribution in [3.05, 3.63) is 12.2 Å². The second-order valence-corrected chi connectivity index (χ2v) is 8.30. The van der Waals surface area contributed by atoms with Crippen molar-refractivity contribution in [2.75, 3.05) is 0 Å². The molecule has 1 N–H and O–H groups in total. The Morgan fingerprint density at radius 1 is 1.00 bits per heavy atom. The van der Waals surface area contributed by atoms with Gasteiger partial charge in [0.1, 0.15) is 5.38 Å². The van der Waals surface area contributed by atoms with Crippen molar-refractivity contribution in [2.45, 2.75) is 101 Å². The molecule has 4 heteroatoms. The van der Waals surface area contributed by atoms with E-state index in [9.17, 15) is 4.79 Å². The van der Waals surface area contributed by atoms with Crippen LogP contribution in [0.4, 0.5) is 0 Å². The Hall–Kier alpha value is -0.210. The van der Waals surface area contributed by atoms with E-state index in [1.54, 1.807) is 0 Å². The molecule has 0 heterocycles. The summed E-state index contributed by atoms with van der Waals surface area (Å²) in [5, 5.41) is 8.24. The Bertz CT molecular complexity index is 358. The smallest absolute Gasteiger partial charge is 0.321 e. The summed E-state index contributed by atoms with van der Waals surface area (Å²) in [6.45, 7) is 0. The summed E-state index contributed by atoms with van der Waals surface area (Å²) < 4.78 is 0. The van der Waals surface area contributed by atoms with Crippen molar-refractivity contribution in [3.63, 3.8) is 0 Å². The van der Waals surface area contributed by atoms with Gasteiger partial charge in [0.05, 0.1) is 0 Å². The van der Waals surface area contributed by atoms with Crippen molar-refractivity contribution in [2.24, 2.45) is 5.92 Å². The molecule has 0 saturated carbocycles. The molecule has 0 spiro atoms. The lowest BCUT2D eigenvalue weighted by molar-refractivity contribution is -0.136. The first-order chi connectivity index (χ1) is 11.6. The van der Waals surface area contributed by atoms with Gasteiger partial charge in [-0.1, -0.05) is 57.1 Å². The molecular formula is C20H34Cl2O2. The summed E-state index contributed by atoms with van der Waals surface area (Å²) in [5.41, 5.74) is 0. The summed E-state index contributed by atoms with van der Waals surface area (Å²) >= 11 is 12.1. The van der Waals surface area contributed by atoms with Crippen LogP contribution < -0.4 is 0 Å². The monoisotopic (exact) mass is 376 g/mol. The van der Waals surface area contributed by atoms with Gasteiger partial charge in [0, 0.05) is 5.38 Å². The third kappa shape index (κ3) is 11.4. The van der Waals surface area contributed by atoms with Crippen LogP contribution in [0.1, 0.15) is 89.9 Å². The first-order valence-electron chi connectivity index (χ1n) is 9.77. The van der Waals surface area contributed by atoms with E-state index >= 15 is 0 Å². The minimum absolute atomic E-state index is 0.276. The fourth-order valence-corrected chi connectivity index (χ4v) is 3.85. The van der Waals surface area contributed by atoms with Crippen LogP contribution in [-0.4, -0.2) is 21.8 Å². The maximum atomic E-state index is 10.6. The molecule has 0 radical (unpaired) electrons. The Kier molecular flexibility index (Phi) is 12.7. The predicted octanol–water partition coefficient (Wildman–Crippen LogP) is 6.93. The molecule has 1 rings (SSSR count). The molecule has 2 nitrogen and oxygen atoms in total. The zero-order valence-electron chi connectivity index (χ0n) is 14.9. The number of unbranched alkanes of at least 4 members (excludes halogenated alkanes) is 5. The predicted molar refractivity (Wildman–Crippen MR) is 104 cm³/mol. The minimum Gasteiger partial charge on any atom is -0.480 e. The number of carbonyl (C=O) groups is 1. The van der Waals surface area contributed by atoms with E-state index in [4.69, 9.17) is 28.3 Å². The molecule has 0 aromatic heterocycles. The Labute approximate surface area is 158 Å². The molecule has 0 saturated heterocycles. The molecule has 0 amide bonds. The van der Waals surface area contributed by atoms with Crippen molar-refractivity contribution in [3.8, 4) is 0 Å². The summed E-state index contributed by atoms with van der Waals surface area (Å²) in [6.07, 6.45) is 21.1. The molecule has 0 fully saturated rings. The number of alkyl halides is 2. The van der Waals surface area contributed by atoms with Crippen LogP contribution in [0.5, 0.6) is 0 Å². The van der Waals surface area contributed by atoms with Gasteiger partial charge in [-0.2, -0.15) is 0 Å². The first kappa shape index (κ1) is 21.8. The third-order valence-corrected chi connectivity index (χ3v) is 5.78. The lowest BCUT2D eigenvalue weighted by Crippen LogP contribution is -2.12. The van der Waals surface area contributed by atoms with Gasteiger partial charge >= 0.3 is 5.97 Å². The van der Waals surface area contributed by atoms with Gasteiger partial charge in [0.2, 0.25) is 0 Å². The van der Waals surface area contributed by atoms with Crippen molar-refractivity contribution < 1.29 is 9.90 Å². The maximum Gasteiger partial charge on any atom is 0.321 e. The highest BCUT2D eigenvalue weighted by atomic mass is 35.5. The van der Waals surface area contributed by atoms with E-state index in [2.05, 4.69) is 12.2 Å². The molecule has 24 heavy (non-hydrogen) atoms. The summed E-state index contributed by atoms with van der Waals surface area (Å²) in [4.78, 5) is 10.6. The van der Waals surface area contributed by atoms with Gasteiger partial charge in [0.15, 0.2) is 0 Å². The van der Waals surface area contributed by atoms with Gasteiger partial charge in [0.25, 0.3) is 0 Å². The van der Waals surface area contributed by atoms with E-state index in [-0.39, 0.29) is 5.38 Å². The fraction of sp³-hybridized carbons (Fsp3) is 0.850. The molecule has 3 atom stereocenters. The summed E-state index contributed by atoms with van der Waals surface area (Å²) in [7, 11) is 0. The van der Waals surface area contributed by atoms with Crippen LogP contribution in [0.3, 0.4) is 0 Å². The Morgan fingerprint density at radius 3 is 2.25 bits per heavy atom. The molecule has 1 aliphatic carbocycles. The highest BCUT2D eigenvalue weighted by Crippen LogP contribution is 2.23. The lowest BCUT2D eigenvalue weighted by atomic mass is 9.91. The van der Waals surface area contributed by atoms with Crippen LogP contribution in [0.15, 0.2) is 12.2 Å². The quantitative estimate of drug-likeness (QED) is 0.202. The number of halogens is 2. The minimum atomic E-state index is -0.911. The fourth-order valence-electron chi connectivity index (χ4n) is 3.38. The second-order valence-electron chi connectivity index (χ2n) is 7.15. The standard InChI is InChI=1S/C20H34Cl2O2/c21-18(15-9-4-10-16-19(22)20(23)24)14-8-2-1-5-11-17-12-6-3-7-13-17/h6,12,17-19H,1-5,7-11,13-16H2,(H,23,24). The van der Waals surface area contributed by atoms with Gasteiger partial charge in [-0.15, -0.1) is 23.2 Å². The molecule has 0 aromatic carbocycles. The van der Waals surface area contributed by atoms with Crippen molar-refractivity contribution >= 4 is 29.2 Å². The van der Waals surface area contributed by atoms with Crippen molar-refractivity contribution in [1.82, 2.24) is 0 Å². The number of rotatable bonds is 14. The number of hydrogen-bond donors (Lipinski definition) is 1. The lowest BCUT2D eigenvalue weighted by Gasteiger charge is -2.15. The maximum absolute atomic E-state index is 10.6. The molecule has 0 aromatic rings. The van der Waals surface area contributed by atoms with E-state index in [0.717, 1.165) is 38.0 Å². The van der Waals surface area contributed by atoms with Crippen LogP contribution in [0.25, 0.3) is 0 Å². The van der Waals surface area contributed by atoms with Gasteiger partial charge in [-0.3, -0.25) is 4.79 Å². The molecular weight excluding hydrogens is 343 g/mol. The summed E-state index contributed by atoms with van der Waals surface area (Å²) in [5.74, 6) is -0.0698. The summed E-state index contributed by atoms with van der Waals surface area (Å²) in [6, 6.07) is 0. The van der Waals surface area contributed by atoms with Crippen LogP contribution in [0.2, 0.25) is 0 Å². The average molecular weight is 377 g/mol. The largest absolute Gasteiger partial charge is 0.480 e. The molecule has 0 bridgehead atoms. The van der Waals surface area contributed by atoms with Gasteiger partial charge in [-0.05, 0) is 50.9 Å². The zero-order valence-corrected chi connectivity index (χ0v) is 16.4. The van der Waals surface area contributed by atoms with Crippen molar-refractivity contribution in [1.29, 1.82) is 0 Å². The number of carboxylic acid groups (broad SMARTS) is 1. The number of allylic oxidation sites excluding steroid dienone is 2. The topological polar surface area (TPSA) is 37.3 Å². The van der Waals surface area contributed by atoms with Crippen LogP contribution in [0, 0.1) is 5.92 Å². The molecule has 0 aliphatic heterocycles. The SMILES string of the molecule is O=C(O)C(Cl)CCCCCC(Cl)CCCCCCC1C=CCCC1. The zero-order chi connectivity index (χ0) is 17.6. The molecule has 3 unspecified atom stereocenters. The number of carboxylic acids is 1. The van der Waals surface area contributed by atoms with Crippen LogP contribution >= 0.6 is 23.2 Å². The van der Waals surface area contributed by atoms with Crippen LogP contribution in [-0.2, 0) is 4.79 Å². The van der Waals surface area contributed by atoms with Gasteiger partial charge < -0.3 is 5.11 Å². The third-order valence-electron chi connectivity index (χ3n) is 4.94. The molecule has 140 valence electrons. The highest BCUT2D eigenvalue weighted by Gasteiger charge is 2.12. The van der Waals surface area contributed by atoms with E-state index < -0.39 is 11.3 Å². The Morgan fingerprint density at radius 2 is 1.62 bits per heavy atom. The average Bonchev–Trinajstić information content (AvgIpc) is 2.58. The molecule has 1 aliphatic rings. The van der Waals surface area contributed by atoms with E-state index in [1.165, 1.54) is 51.4 Å². The first-order valence-corrected chi connectivity index (χ1v) is 10.6. The Balaban J connectivity index is 1.85. The second kappa shape index (κ2) is 14.0. The number of aliphatic carboxylic acids is 1. The normalized spacial score (nSPS) is 20.0. The van der Waals surface area contributed by atoms with E-state index in [1.807, 2.05) is 0 Å². The number of hydrogen-bond acceptors (Lipinski definition) is 1. The highest BCUT2D eigenvalue weighted by molar-refractivity contribution is 6.29. The van der Waals surface area contributed by atoms with Gasteiger partial charge in [-0.25, -0.2) is 0 Å². The van der Waals surface area contributed by atoms with E-state index in [0.29, 0.717) is 6.42 Å².